The fourth-order valence-corrected chi connectivity index (χ4v) is 2.21. The van der Waals surface area contributed by atoms with E-state index in [4.69, 9.17) is 5.11 Å². The molecule has 19 heavy (non-hydrogen) atoms. The first-order chi connectivity index (χ1) is 8.95. The van der Waals surface area contributed by atoms with Crippen LogP contribution in [0.25, 0.3) is 0 Å². The lowest BCUT2D eigenvalue weighted by molar-refractivity contribution is -0.139. The van der Waals surface area contributed by atoms with Crippen LogP contribution in [0.2, 0.25) is 0 Å². The van der Waals surface area contributed by atoms with Crippen molar-refractivity contribution >= 4 is 39.6 Å². The van der Waals surface area contributed by atoms with Crippen molar-refractivity contribution in [2.45, 2.75) is 12.5 Å². The number of hydrogen-bond acceptors (Lipinski definition) is 3. The van der Waals surface area contributed by atoms with Gasteiger partial charge in [0.15, 0.2) is 0 Å². The Labute approximate surface area is 122 Å². The number of amides is 1. The summed E-state index contributed by atoms with van der Waals surface area (Å²) >= 11 is 4.57. The van der Waals surface area contributed by atoms with Crippen molar-refractivity contribution in [2.24, 2.45) is 0 Å². The highest BCUT2D eigenvalue weighted by atomic mass is 79.9. The van der Waals surface area contributed by atoms with Crippen LogP contribution < -0.4 is 5.32 Å². The van der Waals surface area contributed by atoms with Gasteiger partial charge in [0.25, 0.3) is 5.91 Å². The second-order valence-corrected chi connectivity index (χ2v) is 5.67. The molecule has 0 aromatic heterocycles. The van der Waals surface area contributed by atoms with Crippen molar-refractivity contribution in [1.82, 2.24) is 5.32 Å². The van der Waals surface area contributed by atoms with Gasteiger partial charge in [-0.15, -0.1) is 0 Å². The van der Waals surface area contributed by atoms with Gasteiger partial charge in [0.1, 0.15) is 11.9 Å². The molecule has 7 heteroatoms. The molecule has 0 fully saturated rings. The maximum Gasteiger partial charge on any atom is 0.326 e. The summed E-state index contributed by atoms with van der Waals surface area (Å²) in [6, 6.07) is 2.98. The third-order valence-corrected chi connectivity index (χ3v) is 3.53. The van der Waals surface area contributed by atoms with Crippen LogP contribution in [0.3, 0.4) is 0 Å². The van der Waals surface area contributed by atoms with Crippen molar-refractivity contribution in [3.05, 3.63) is 34.1 Å². The second kappa shape index (κ2) is 7.49. The van der Waals surface area contributed by atoms with Gasteiger partial charge in [-0.3, -0.25) is 4.79 Å². The van der Waals surface area contributed by atoms with Gasteiger partial charge >= 0.3 is 5.97 Å². The average Bonchev–Trinajstić information content (AvgIpc) is 2.33. The minimum absolute atomic E-state index is 0.168. The molecule has 0 aliphatic rings. The zero-order chi connectivity index (χ0) is 14.4. The molecule has 0 bridgehead atoms. The van der Waals surface area contributed by atoms with Crippen molar-refractivity contribution in [3.63, 3.8) is 0 Å². The van der Waals surface area contributed by atoms with E-state index in [-0.39, 0.29) is 5.56 Å². The van der Waals surface area contributed by atoms with Crippen LogP contribution in [0, 0.1) is 5.82 Å². The fraction of sp³-hybridized carbons (Fsp3) is 0.333. The first-order valence-electron chi connectivity index (χ1n) is 5.43. The maximum atomic E-state index is 13.6. The smallest absolute Gasteiger partial charge is 0.326 e. The number of aliphatic carboxylic acids is 1. The van der Waals surface area contributed by atoms with Gasteiger partial charge < -0.3 is 10.4 Å². The quantitative estimate of drug-likeness (QED) is 0.828. The molecule has 1 atom stereocenters. The Balaban J connectivity index is 2.78. The molecule has 0 heterocycles. The van der Waals surface area contributed by atoms with E-state index in [0.29, 0.717) is 16.6 Å². The lowest BCUT2D eigenvalue weighted by atomic mass is 10.1. The van der Waals surface area contributed by atoms with Crippen LogP contribution in [-0.4, -0.2) is 35.0 Å². The zero-order valence-corrected chi connectivity index (χ0v) is 12.6. The summed E-state index contributed by atoms with van der Waals surface area (Å²) in [4.78, 5) is 22.8. The van der Waals surface area contributed by atoms with E-state index < -0.39 is 23.7 Å². The highest BCUT2D eigenvalue weighted by Crippen LogP contribution is 2.15. The van der Waals surface area contributed by atoms with E-state index in [1.807, 2.05) is 6.26 Å². The molecule has 0 spiro atoms. The molecule has 0 aliphatic heterocycles. The molecule has 104 valence electrons. The number of carboxylic acids is 1. The number of carbonyl (C=O) groups excluding carboxylic acids is 1. The van der Waals surface area contributed by atoms with Crippen LogP contribution in [0.4, 0.5) is 4.39 Å². The molecule has 1 aromatic rings. The van der Waals surface area contributed by atoms with Gasteiger partial charge in [0.2, 0.25) is 0 Å². The van der Waals surface area contributed by atoms with Crippen molar-refractivity contribution in [2.75, 3.05) is 12.0 Å². The topological polar surface area (TPSA) is 66.4 Å². The van der Waals surface area contributed by atoms with Gasteiger partial charge in [-0.1, -0.05) is 15.9 Å². The Morgan fingerprint density at radius 2 is 2.21 bits per heavy atom. The summed E-state index contributed by atoms with van der Waals surface area (Å²) in [5.74, 6) is -1.95. The van der Waals surface area contributed by atoms with Crippen LogP contribution in [0.15, 0.2) is 22.7 Å². The molecular formula is C12H13BrFNO3S. The van der Waals surface area contributed by atoms with Crippen LogP contribution in [0.5, 0.6) is 0 Å². The SMILES string of the molecule is CSCC[C@@H](NC(=O)c1ccc(Br)cc1F)C(=O)O. The Morgan fingerprint density at radius 1 is 1.53 bits per heavy atom. The molecule has 1 aromatic carbocycles. The minimum Gasteiger partial charge on any atom is -0.480 e. The Bertz CT molecular complexity index is 484. The largest absolute Gasteiger partial charge is 0.480 e. The summed E-state index contributed by atoms with van der Waals surface area (Å²) < 4.78 is 14.1. The predicted octanol–water partition coefficient (Wildman–Crippen LogP) is 2.52. The number of rotatable bonds is 6. The summed E-state index contributed by atoms with van der Waals surface area (Å²) in [6.07, 6.45) is 2.13. The Hall–Kier alpha value is -1.08. The number of hydrogen-bond donors (Lipinski definition) is 2. The number of benzene rings is 1. The number of carboxylic acid groups (broad SMARTS) is 1. The monoisotopic (exact) mass is 349 g/mol. The molecule has 0 aliphatic carbocycles. The van der Waals surface area contributed by atoms with Gasteiger partial charge in [0.05, 0.1) is 5.56 Å². The molecule has 0 saturated carbocycles. The maximum absolute atomic E-state index is 13.6. The van der Waals surface area contributed by atoms with Crippen LogP contribution in [-0.2, 0) is 4.79 Å². The van der Waals surface area contributed by atoms with Gasteiger partial charge in [0, 0.05) is 4.47 Å². The number of carbonyl (C=O) groups is 2. The van der Waals surface area contributed by atoms with E-state index in [9.17, 15) is 14.0 Å². The molecule has 4 nitrogen and oxygen atoms in total. The van der Waals surface area contributed by atoms with E-state index in [0.717, 1.165) is 6.07 Å². The van der Waals surface area contributed by atoms with Crippen molar-refractivity contribution in [3.8, 4) is 0 Å². The third kappa shape index (κ3) is 4.83. The molecule has 0 radical (unpaired) electrons. The number of thioether (sulfide) groups is 1. The zero-order valence-electron chi connectivity index (χ0n) is 10.2. The Kier molecular flexibility index (Phi) is 6.30. The summed E-state index contributed by atoms with van der Waals surface area (Å²) in [6.45, 7) is 0. The van der Waals surface area contributed by atoms with Crippen LogP contribution in [0.1, 0.15) is 16.8 Å². The summed E-state index contributed by atoms with van der Waals surface area (Å²) in [5.41, 5.74) is -0.168. The molecule has 0 unspecified atom stereocenters. The van der Waals surface area contributed by atoms with Crippen molar-refractivity contribution in [1.29, 1.82) is 0 Å². The van der Waals surface area contributed by atoms with E-state index in [2.05, 4.69) is 21.2 Å². The first-order valence-corrected chi connectivity index (χ1v) is 7.62. The normalized spacial score (nSPS) is 11.9. The Morgan fingerprint density at radius 3 is 2.74 bits per heavy atom. The van der Waals surface area contributed by atoms with E-state index in [1.54, 1.807) is 0 Å². The number of nitrogens with one attached hydrogen (secondary N) is 1. The molecule has 1 rings (SSSR count). The fourth-order valence-electron chi connectivity index (χ4n) is 1.40. The summed E-state index contributed by atoms with van der Waals surface area (Å²) in [5, 5.41) is 11.3. The lowest BCUT2D eigenvalue weighted by Crippen LogP contribution is -2.41. The highest BCUT2D eigenvalue weighted by Gasteiger charge is 2.21. The standard InChI is InChI=1S/C12H13BrFNO3S/c1-19-5-4-10(12(17)18)15-11(16)8-3-2-7(13)6-9(8)14/h2-3,6,10H,4-5H2,1H3,(H,15,16)(H,17,18)/t10-/m1/s1. The van der Waals surface area contributed by atoms with Gasteiger partial charge in [-0.25, -0.2) is 9.18 Å². The van der Waals surface area contributed by atoms with E-state index >= 15 is 0 Å². The molecule has 1 amide bonds. The lowest BCUT2D eigenvalue weighted by Gasteiger charge is -2.14. The average molecular weight is 350 g/mol. The highest BCUT2D eigenvalue weighted by molar-refractivity contribution is 9.10. The first kappa shape index (κ1) is 16.0. The summed E-state index contributed by atoms with van der Waals surface area (Å²) in [7, 11) is 0. The minimum atomic E-state index is -1.13. The molecule has 2 N–H and O–H groups in total. The predicted molar refractivity (Wildman–Crippen MR) is 76.0 cm³/mol. The van der Waals surface area contributed by atoms with Crippen molar-refractivity contribution < 1.29 is 19.1 Å². The number of halogens is 2. The molecule has 0 saturated heterocycles. The van der Waals surface area contributed by atoms with Gasteiger partial charge in [-0.2, -0.15) is 11.8 Å². The third-order valence-electron chi connectivity index (χ3n) is 2.39. The van der Waals surface area contributed by atoms with E-state index in [1.165, 1.54) is 23.9 Å². The van der Waals surface area contributed by atoms with Gasteiger partial charge in [-0.05, 0) is 36.6 Å². The second-order valence-electron chi connectivity index (χ2n) is 3.77. The molecular weight excluding hydrogens is 337 g/mol. The van der Waals surface area contributed by atoms with Crippen LogP contribution >= 0.6 is 27.7 Å².